The first-order valence-corrected chi connectivity index (χ1v) is 16.8. The van der Waals surface area contributed by atoms with E-state index in [1.165, 1.54) is 0 Å². The molecule has 0 saturated carbocycles. The van der Waals surface area contributed by atoms with E-state index in [-0.39, 0.29) is 0 Å². The van der Waals surface area contributed by atoms with E-state index in [0.717, 1.165) is 82.9 Å². The van der Waals surface area contributed by atoms with E-state index >= 15 is 0 Å². The maximum absolute atomic E-state index is 6.14. The van der Waals surface area contributed by atoms with Gasteiger partial charge in [0.25, 0.3) is 0 Å². The number of pyridine rings is 1. The summed E-state index contributed by atoms with van der Waals surface area (Å²) in [6.07, 6.45) is 5.60. The number of benzene rings is 6. The van der Waals surface area contributed by atoms with Crippen molar-refractivity contribution in [1.29, 1.82) is 0 Å². The fraction of sp³-hybridized carbons (Fsp3) is 0. The molecular weight excluding hydrogens is 625 g/mol. The van der Waals surface area contributed by atoms with Crippen LogP contribution in [-0.4, -0.2) is 19.9 Å². The minimum Gasteiger partial charge on any atom is -0.454 e. The van der Waals surface area contributed by atoms with Crippen LogP contribution in [0.2, 0.25) is 0 Å². The summed E-state index contributed by atoms with van der Waals surface area (Å²) in [5, 5.41) is 3.19. The molecule has 3 heterocycles. The number of aromatic nitrogens is 4. The minimum absolute atomic E-state index is 0.575. The van der Waals surface area contributed by atoms with Crippen LogP contribution in [0.4, 0.5) is 0 Å². The van der Waals surface area contributed by atoms with Gasteiger partial charge in [0.05, 0.1) is 0 Å². The zero-order valence-corrected chi connectivity index (χ0v) is 27.6. The number of hydrogen-bond donors (Lipinski definition) is 0. The van der Waals surface area contributed by atoms with Crippen LogP contribution in [0.25, 0.3) is 101 Å². The maximum Gasteiger partial charge on any atom is 0.164 e. The van der Waals surface area contributed by atoms with E-state index in [0.29, 0.717) is 17.5 Å². The lowest BCUT2D eigenvalue weighted by Gasteiger charge is -2.17. The maximum atomic E-state index is 6.14. The molecule has 9 rings (SSSR count). The molecule has 0 amide bonds. The Labute approximate surface area is 295 Å². The van der Waals surface area contributed by atoms with E-state index in [9.17, 15) is 0 Å². The van der Waals surface area contributed by atoms with Gasteiger partial charge in [0.15, 0.2) is 23.1 Å². The molecule has 0 fully saturated rings. The number of rotatable bonds is 7. The molecule has 5 heteroatoms. The molecule has 3 aromatic heterocycles. The zero-order chi connectivity index (χ0) is 34.3. The van der Waals surface area contributed by atoms with Crippen molar-refractivity contribution in [3.8, 4) is 56.4 Å². The van der Waals surface area contributed by atoms with Crippen LogP contribution in [0, 0.1) is 0 Å². The molecule has 5 nitrogen and oxygen atoms in total. The molecule has 6 aromatic carbocycles. The van der Waals surface area contributed by atoms with Gasteiger partial charge in [-0.05, 0) is 80.6 Å². The lowest BCUT2D eigenvalue weighted by Crippen LogP contribution is -2.01. The Balaban J connectivity index is 1.34. The standard InChI is InChI=1S/C46H30N4O/c1-3-29-26-38(37-19-12-11-18-36(37)34(29)4-2)33-21-23-35(32-22-24-41-40(28-32)43-42(51-41)20-13-25-47-43)39(27-33)46-49-44(30-14-7-5-8-15-30)48-45(50-46)31-16-9-6-10-17-31/h3-28H,1-2H2. The van der Waals surface area contributed by atoms with Gasteiger partial charge in [0, 0.05) is 28.3 Å². The van der Waals surface area contributed by atoms with Gasteiger partial charge in [-0.15, -0.1) is 0 Å². The van der Waals surface area contributed by atoms with Crippen molar-refractivity contribution in [3.05, 3.63) is 170 Å². The topological polar surface area (TPSA) is 64.7 Å². The normalized spacial score (nSPS) is 11.3. The third kappa shape index (κ3) is 5.29. The highest BCUT2D eigenvalue weighted by Crippen LogP contribution is 2.41. The summed E-state index contributed by atoms with van der Waals surface area (Å²) in [4.78, 5) is 19.9. The van der Waals surface area contributed by atoms with Crippen LogP contribution in [-0.2, 0) is 0 Å². The second-order valence-electron chi connectivity index (χ2n) is 12.3. The van der Waals surface area contributed by atoms with E-state index in [2.05, 4.69) is 78.8 Å². The zero-order valence-electron chi connectivity index (χ0n) is 27.6. The van der Waals surface area contributed by atoms with Crippen molar-refractivity contribution in [2.45, 2.75) is 0 Å². The van der Waals surface area contributed by atoms with Crippen molar-refractivity contribution in [1.82, 2.24) is 19.9 Å². The van der Waals surface area contributed by atoms with Crippen LogP contribution in [0.15, 0.2) is 163 Å². The Kier molecular flexibility index (Phi) is 7.37. The van der Waals surface area contributed by atoms with E-state index < -0.39 is 0 Å². The fourth-order valence-electron chi connectivity index (χ4n) is 6.90. The summed E-state index contributed by atoms with van der Waals surface area (Å²) in [6.45, 7) is 8.24. The highest BCUT2D eigenvalue weighted by atomic mass is 16.3. The molecule has 0 spiro atoms. The first-order valence-electron chi connectivity index (χ1n) is 16.8. The average Bonchev–Trinajstić information content (AvgIpc) is 3.58. The molecule has 0 atom stereocenters. The first kappa shape index (κ1) is 30.1. The third-order valence-electron chi connectivity index (χ3n) is 9.35. The van der Waals surface area contributed by atoms with Gasteiger partial charge in [-0.2, -0.15) is 0 Å². The molecule has 0 unspecified atom stereocenters. The summed E-state index contributed by atoms with van der Waals surface area (Å²) >= 11 is 0. The Morgan fingerprint density at radius 2 is 1.10 bits per heavy atom. The highest BCUT2D eigenvalue weighted by Gasteiger charge is 2.19. The Hall–Kier alpha value is -6.98. The Morgan fingerprint density at radius 3 is 1.80 bits per heavy atom. The Bertz CT molecular complexity index is 2730. The molecule has 9 aromatic rings. The van der Waals surface area contributed by atoms with Gasteiger partial charge in [0.2, 0.25) is 0 Å². The SMILES string of the molecule is C=Cc1cc(-c2ccc(-c3ccc4oc5cccnc5c4c3)c(-c3nc(-c4ccccc4)nc(-c4ccccc4)n3)c2)c2ccccc2c1C=C. The number of nitrogens with zero attached hydrogens (tertiary/aromatic N) is 4. The van der Waals surface area contributed by atoms with Crippen LogP contribution >= 0.6 is 0 Å². The molecule has 240 valence electrons. The molecular formula is C46H30N4O. The summed E-state index contributed by atoms with van der Waals surface area (Å²) in [5.41, 5.74) is 11.2. The van der Waals surface area contributed by atoms with Crippen molar-refractivity contribution in [2.75, 3.05) is 0 Å². The van der Waals surface area contributed by atoms with Gasteiger partial charge in [-0.25, -0.2) is 15.0 Å². The van der Waals surface area contributed by atoms with Gasteiger partial charge in [-0.3, -0.25) is 4.98 Å². The molecule has 0 N–H and O–H groups in total. The van der Waals surface area contributed by atoms with Crippen LogP contribution in [0.3, 0.4) is 0 Å². The third-order valence-corrected chi connectivity index (χ3v) is 9.35. The van der Waals surface area contributed by atoms with Crippen molar-refractivity contribution in [3.63, 3.8) is 0 Å². The van der Waals surface area contributed by atoms with Crippen molar-refractivity contribution < 1.29 is 4.42 Å². The molecule has 0 aliphatic rings. The van der Waals surface area contributed by atoms with E-state index in [1.54, 1.807) is 6.20 Å². The lowest BCUT2D eigenvalue weighted by atomic mass is 9.88. The van der Waals surface area contributed by atoms with E-state index in [4.69, 9.17) is 19.4 Å². The van der Waals surface area contributed by atoms with Crippen molar-refractivity contribution >= 4 is 45.0 Å². The summed E-state index contributed by atoms with van der Waals surface area (Å²) in [6, 6.07) is 47.4. The average molecular weight is 655 g/mol. The fourth-order valence-corrected chi connectivity index (χ4v) is 6.90. The molecule has 0 aliphatic heterocycles. The predicted molar refractivity (Wildman–Crippen MR) is 210 cm³/mol. The second-order valence-corrected chi connectivity index (χ2v) is 12.3. The van der Waals surface area contributed by atoms with Crippen LogP contribution in [0.5, 0.6) is 0 Å². The quantitative estimate of drug-likeness (QED) is 0.171. The van der Waals surface area contributed by atoms with Crippen LogP contribution < -0.4 is 0 Å². The smallest absolute Gasteiger partial charge is 0.164 e. The predicted octanol–water partition coefficient (Wildman–Crippen LogP) is 11.9. The molecule has 0 aliphatic carbocycles. The summed E-state index contributed by atoms with van der Waals surface area (Å²) in [5.74, 6) is 1.78. The van der Waals surface area contributed by atoms with Crippen molar-refractivity contribution in [2.24, 2.45) is 0 Å². The molecule has 0 saturated heterocycles. The summed E-state index contributed by atoms with van der Waals surface area (Å²) < 4.78 is 6.14. The number of hydrogen-bond acceptors (Lipinski definition) is 5. The van der Waals surface area contributed by atoms with Gasteiger partial charge in [-0.1, -0.05) is 128 Å². The van der Waals surface area contributed by atoms with E-state index in [1.807, 2.05) is 91.0 Å². The number of fused-ring (bicyclic) bond motifs is 4. The van der Waals surface area contributed by atoms with Gasteiger partial charge in [0.1, 0.15) is 11.1 Å². The molecule has 51 heavy (non-hydrogen) atoms. The lowest BCUT2D eigenvalue weighted by molar-refractivity contribution is 0.668. The van der Waals surface area contributed by atoms with Gasteiger partial charge >= 0.3 is 0 Å². The van der Waals surface area contributed by atoms with Gasteiger partial charge < -0.3 is 4.42 Å². The molecule has 0 radical (unpaired) electrons. The highest BCUT2D eigenvalue weighted by molar-refractivity contribution is 6.06. The largest absolute Gasteiger partial charge is 0.454 e. The number of furan rings is 1. The molecule has 0 bridgehead atoms. The summed E-state index contributed by atoms with van der Waals surface area (Å²) in [7, 11) is 0. The first-order chi connectivity index (χ1) is 25.2. The van der Waals surface area contributed by atoms with Crippen LogP contribution in [0.1, 0.15) is 11.1 Å². The monoisotopic (exact) mass is 654 g/mol. The Morgan fingerprint density at radius 1 is 0.451 bits per heavy atom. The second kappa shape index (κ2) is 12.5. The minimum atomic E-state index is 0.575.